The van der Waals surface area contributed by atoms with Crippen molar-refractivity contribution in [3.05, 3.63) is 24.2 Å². The van der Waals surface area contributed by atoms with Gasteiger partial charge in [0.05, 0.1) is 32.1 Å². The third-order valence-corrected chi connectivity index (χ3v) is 5.52. The smallest absolute Gasteiger partial charge is 0.117 e. The summed E-state index contributed by atoms with van der Waals surface area (Å²) < 4.78 is 17.3. The molecule has 1 aromatic heterocycles. The first-order chi connectivity index (χ1) is 10.8. The van der Waals surface area contributed by atoms with Crippen LogP contribution in [0.1, 0.15) is 37.9 Å². The predicted octanol–water partition coefficient (Wildman–Crippen LogP) is 3.08. The van der Waals surface area contributed by atoms with Gasteiger partial charge in [-0.2, -0.15) is 0 Å². The summed E-state index contributed by atoms with van der Waals surface area (Å²) in [4.78, 5) is 2.50. The van der Waals surface area contributed by atoms with E-state index < -0.39 is 0 Å². The summed E-state index contributed by atoms with van der Waals surface area (Å²) >= 11 is 0. The van der Waals surface area contributed by atoms with Crippen LogP contribution in [0.4, 0.5) is 0 Å². The van der Waals surface area contributed by atoms with Gasteiger partial charge in [0.15, 0.2) is 0 Å². The van der Waals surface area contributed by atoms with E-state index in [1.54, 1.807) is 6.26 Å². The van der Waals surface area contributed by atoms with Crippen molar-refractivity contribution < 1.29 is 13.9 Å². The Morgan fingerprint density at radius 2 is 2.09 bits per heavy atom. The second-order valence-electron chi connectivity index (χ2n) is 7.47. The van der Waals surface area contributed by atoms with Crippen molar-refractivity contribution in [2.75, 3.05) is 32.9 Å². The van der Waals surface area contributed by atoms with E-state index in [0.717, 1.165) is 51.1 Å². The maximum absolute atomic E-state index is 6.03. The Bertz CT molecular complexity index is 461. The van der Waals surface area contributed by atoms with Crippen LogP contribution < -0.4 is 0 Å². The van der Waals surface area contributed by atoms with Crippen molar-refractivity contribution in [3.8, 4) is 0 Å². The van der Waals surface area contributed by atoms with Crippen LogP contribution in [-0.4, -0.2) is 43.9 Å². The number of hydrogen-bond acceptors (Lipinski definition) is 4. The number of rotatable bonds is 6. The molecular weight excluding hydrogens is 278 g/mol. The van der Waals surface area contributed by atoms with E-state index in [-0.39, 0.29) is 0 Å². The maximum Gasteiger partial charge on any atom is 0.117 e. The molecule has 1 atom stereocenters. The van der Waals surface area contributed by atoms with E-state index in [0.29, 0.717) is 11.5 Å². The summed E-state index contributed by atoms with van der Waals surface area (Å²) in [5.74, 6) is 1.92. The van der Waals surface area contributed by atoms with E-state index in [4.69, 9.17) is 13.9 Å². The topological polar surface area (TPSA) is 34.8 Å². The first-order valence-electron chi connectivity index (χ1n) is 8.75. The minimum atomic E-state index is 0.329. The van der Waals surface area contributed by atoms with Crippen LogP contribution in [0.5, 0.6) is 0 Å². The number of ether oxygens (including phenoxy) is 2. The van der Waals surface area contributed by atoms with Crippen LogP contribution in [0.2, 0.25) is 0 Å². The fourth-order valence-electron chi connectivity index (χ4n) is 3.81. The Balaban J connectivity index is 1.20. The van der Waals surface area contributed by atoms with Gasteiger partial charge in [-0.15, -0.1) is 0 Å². The fraction of sp³-hybridized carbons (Fsp3) is 0.778. The molecule has 3 heterocycles. The van der Waals surface area contributed by atoms with E-state index in [1.165, 1.54) is 32.1 Å². The Morgan fingerprint density at radius 1 is 1.23 bits per heavy atom. The number of hydrogen-bond donors (Lipinski definition) is 0. The molecule has 0 amide bonds. The van der Waals surface area contributed by atoms with Gasteiger partial charge in [-0.05, 0) is 68.7 Å². The highest BCUT2D eigenvalue weighted by Gasteiger charge is 2.42. The van der Waals surface area contributed by atoms with E-state index in [2.05, 4.69) is 11.0 Å². The zero-order valence-corrected chi connectivity index (χ0v) is 13.3. The van der Waals surface area contributed by atoms with Crippen molar-refractivity contribution in [2.24, 2.45) is 11.3 Å². The molecule has 22 heavy (non-hydrogen) atoms. The van der Waals surface area contributed by atoms with Gasteiger partial charge in [0.25, 0.3) is 0 Å². The Hall–Kier alpha value is -0.840. The Kier molecular flexibility index (Phi) is 4.25. The lowest BCUT2D eigenvalue weighted by Gasteiger charge is -2.38. The molecule has 1 saturated carbocycles. The third-order valence-electron chi connectivity index (χ3n) is 5.52. The van der Waals surface area contributed by atoms with Crippen molar-refractivity contribution in [3.63, 3.8) is 0 Å². The third kappa shape index (κ3) is 3.55. The van der Waals surface area contributed by atoms with Gasteiger partial charge in [-0.1, -0.05) is 0 Å². The molecule has 3 fully saturated rings. The molecule has 2 aliphatic heterocycles. The summed E-state index contributed by atoms with van der Waals surface area (Å²) in [6.45, 7) is 5.93. The Morgan fingerprint density at radius 3 is 2.82 bits per heavy atom. The van der Waals surface area contributed by atoms with Crippen LogP contribution in [0.3, 0.4) is 0 Å². The summed E-state index contributed by atoms with van der Waals surface area (Å²) in [6, 6.07) is 4.04. The molecule has 0 N–H and O–H groups in total. The highest BCUT2D eigenvalue weighted by Crippen LogP contribution is 2.42. The average Bonchev–Trinajstić information content (AvgIpc) is 3.05. The van der Waals surface area contributed by atoms with Gasteiger partial charge in [0.2, 0.25) is 0 Å². The van der Waals surface area contributed by atoms with Crippen molar-refractivity contribution in [2.45, 2.75) is 44.8 Å². The van der Waals surface area contributed by atoms with Crippen LogP contribution in [0.25, 0.3) is 0 Å². The number of nitrogens with zero attached hydrogens (tertiary/aromatic N) is 1. The normalized spacial score (nSPS) is 28.5. The maximum atomic E-state index is 6.03. The molecule has 4 rings (SSSR count). The lowest BCUT2D eigenvalue weighted by Crippen LogP contribution is -2.40. The highest BCUT2D eigenvalue weighted by atomic mass is 16.5. The number of piperidine rings is 1. The van der Waals surface area contributed by atoms with Gasteiger partial charge in [-0.25, -0.2) is 0 Å². The lowest BCUT2D eigenvalue weighted by molar-refractivity contribution is 0.00905. The van der Waals surface area contributed by atoms with Crippen molar-refractivity contribution in [1.82, 2.24) is 4.90 Å². The second kappa shape index (κ2) is 6.34. The van der Waals surface area contributed by atoms with Gasteiger partial charge in [-0.3, -0.25) is 4.90 Å². The summed E-state index contributed by atoms with van der Waals surface area (Å²) in [5, 5.41) is 0. The van der Waals surface area contributed by atoms with Crippen LogP contribution in [0, 0.1) is 11.3 Å². The van der Waals surface area contributed by atoms with E-state index in [1.807, 2.05) is 6.07 Å². The highest BCUT2D eigenvalue weighted by molar-refractivity contribution is 4.99. The first kappa shape index (κ1) is 14.7. The zero-order chi connectivity index (χ0) is 14.8. The van der Waals surface area contributed by atoms with Gasteiger partial charge < -0.3 is 13.9 Å². The molecule has 122 valence electrons. The predicted molar refractivity (Wildman–Crippen MR) is 83.6 cm³/mol. The summed E-state index contributed by atoms with van der Waals surface area (Å²) in [5.41, 5.74) is 0.410. The van der Waals surface area contributed by atoms with Gasteiger partial charge in [0.1, 0.15) is 5.76 Å². The number of likely N-dealkylation sites (tertiary alicyclic amines) is 1. The monoisotopic (exact) mass is 305 g/mol. The minimum absolute atomic E-state index is 0.329. The van der Waals surface area contributed by atoms with Gasteiger partial charge in [0, 0.05) is 6.61 Å². The molecule has 1 aromatic rings. The largest absolute Gasteiger partial charge is 0.468 e. The van der Waals surface area contributed by atoms with E-state index in [9.17, 15) is 0 Å². The molecule has 3 aliphatic rings. The number of furan rings is 1. The summed E-state index contributed by atoms with van der Waals surface area (Å²) in [7, 11) is 0. The van der Waals surface area contributed by atoms with Crippen molar-refractivity contribution in [1.29, 1.82) is 0 Å². The standard InChI is InChI=1S/C18H27NO3/c1-2-16(21-9-1)11-19-7-5-18(6-8-19)10-17(22-14-18)13-20-12-15-3-4-15/h1-2,9,15,17H,3-8,10-14H2/t17-/m0/s1. The molecule has 1 aliphatic carbocycles. The minimum Gasteiger partial charge on any atom is -0.468 e. The molecule has 0 bridgehead atoms. The van der Waals surface area contributed by atoms with Gasteiger partial charge >= 0.3 is 0 Å². The van der Waals surface area contributed by atoms with Crippen LogP contribution in [0.15, 0.2) is 22.8 Å². The van der Waals surface area contributed by atoms with E-state index >= 15 is 0 Å². The molecule has 0 unspecified atom stereocenters. The SMILES string of the molecule is c1coc(CN2CCC3(CC2)CO[C@H](COCC2CC2)C3)c1. The van der Waals surface area contributed by atoms with Crippen LogP contribution >= 0.6 is 0 Å². The Labute approximate surface area is 132 Å². The zero-order valence-electron chi connectivity index (χ0n) is 13.3. The average molecular weight is 305 g/mol. The molecule has 0 aromatic carbocycles. The molecule has 4 nitrogen and oxygen atoms in total. The molecule has 0 radical (unpaired) electrons. The van der Waals surface area contributed by atoms with Crippen molar-refractivity contribution >= 4 is 0 Å². The molecular formula is C18H27NO3. The lowest BCUT2D eigenvalue weighted by atomic mass is 9.76. The summed E-state index contributed by atoms with van der Waals surface area (Å²) in [6.07, 6.45) is 8.49. The fourth-order valence-corrected chi connectivity index (χ4v) is 3.81. The molecule has 1 spiro atoms. The quantitative estimate of drug-likeness (QED) is 0.809. The molecule has 2 saturated heterocycles. The second-order valence-corrected chi connectivity index (χ2v) is 7.47. The molecule has 4 heteroatoms. The first-order valence-corrected chi connectivity index (χ1v) is 8.75. The van der Waals surface area contributed by atoms with Crippen LogP contribution in [-0.2, 0) is 16.0 Å².